The van der Waals surface area contributed by atoms with Crippen LogP contribution in [0.2, 0.25) is 0 Å². The molecule has 2 aromatic rings. The highest BCUT2D eigenvalue weighted by Crippen LogP contribution is 2.59. The van der Waals surface area contributed by atoms with E-state index in [0.717, 1.165) is 81.5 Å². The van der Waals surface area contributed by atoms with Gasteiger partial charge in [-0.1, -0.05) is 18.6 Å². The Hall–Kier alpha value is -1.92. The molecule has 1 amide bonds. The van der Waals surface area contributed by atoms with Crippen molar-refractivity contribution >= 4 is 18.3 Å². The maximum absolute atomic E-state index is 13.4. The van der Waals surface area contributed by atoms with Crippen LogP contribution < -0.4 is 5.32 Å². The zero-order valence-electron chi connectivity index (χ0n) is 17.6. The Morgan fingerprint density at radius 3 is 2.80 bits per heavy atom. The molecular weight excluding hydrogens is 403 g/mol. The lowest BCUT2D eigenvalue weighted by atomic mass is 9.91. The molecule has 0 bridgehead atoms. The van der Waals surface area contributed by atoms with Crippen molar-refractivity contribution in [3.63, 3.8) is 0 Å². The van der Waals surface area contributed by atoms with Crippen LogP contribution in [-0.2, 0) is 11.2 Å². The van der Waals surface area contributed by atoms with Gasteiger partial charge < -0.3 is 10.2 Å². The van der Waals surface area contributed by atoms with E-state index in [1.54, 1.807) is 6.07 Å². The minimum atomic E-state index is -0.247. The zero-order valence-corrected chi connectivity index (χ0v) is 18.4. The number of aromatic amines is 1. The SMILES string of the molecule is CN(CCCCCc1cc(-c2cccc(F)c2)n[nH]1)C(=O)C1CC12CCNCC2.Cl. The number of carbonyl (C=O) groups is 1. The van der Waals surface area contributed by atoms with Gasteiger partial charge in [-0.15, -0.1) is 12.4 Å². The molecule has 2 aliphatic rings. The van der Waals surface area contributed by atoms with Gasteiger partial charge in [0.1, 0.15) is 5.82 Å². The van der Waals surface area contributed by atoms with Crippen molar-refractivity contribution in [3.05, 3.63) is 41.8 Å². The van der Waals surface area contributed by atoms with E-state index < -0.39 is 0 Å². The summed E-state index contributed by atoms with van der Waals surface area (Å²) in [5.74, 6) is 0.365. The number of benzene rings is 1. The Morgan fingerprint density at radius 2 is 2.03 bits per heavy atom. The highest BCUT2D eigenvalue weighted by molar-refractivity contribution is 5.85. The molecule has 1 saturated carbocycles. The number of H-pyrrole nitrogens is 1. The number of nitrogens with zero attached hydrogens (tertiary/aromatic N) is 2. The monoisotopic (exact) mass is 434 g/mol. The Morgan fingerprint density at radius 1 is 1.23 bits per heavy atom. The lowest BCUT2D eigenvalue weighted by molar-refractivity contribution is -0.132. The molecule has 1 saturated heterocycles. The second-order valence-electron chi connectivity index (χ2n) is 8.73. The first-order valence-corrected chi connectivity index (χ1v) is 10.8. The van der Waals surface area contributed by atoms with Crippen molar-refractivity contribution < 1.29 is 9.18 Å². The summed E-state index contributed by atoms with van der Waals surface area (Å²) in [6, 6.07) is 8.50. The number of hydrogen-bond acceptors (Lipinski definition) is 3. The van der Waals surface area contributed by atoms with Crippen LogP contribution in [0.5, 0.6) is 0 Å². The summed E-state index contributed by atoms with van der Waals surface area (Å²) < 4.78 is 13.4. The molecular formula is C23H32ClFN4O. The highest BCUT2D eigenvalue weighted by Gasteiger charge is 2.58. The number of amides is 1. The summed E-state index contributed by atoms with van der Waals surface area (Å²) in [5.41, 5.74) is 2.95. The Balaban J connectivity index is 0.00000256. The van der Waals surface area contributed by atoms with Gasteiger partial charge in [0.15, 0.2) is 0 Å². The standard InChI is InChI=1S/C23H31FN4O.ClH/c1-28(22(29)20-16-23(20)9-11-25-12-10-23)13-4-2-3-8-19-15-21(27-26-19)17-6-5-7-18(24)14-17;/h5-7,14-15,20,25H,2-4,8-13,16H2,1H3,(H,26,27);1H. The first kappa shape index (κ1) is 22.8. The average Bonchev–Trinajstić information content (AvgIpc) is 3.19. The molecule has 2 heterocycles. The molecule has 164 valence electrons. The van der Waals surface area contributed by atoms with Crippen molar-refractivity contribution in [2.45, 2.75) is 44.9 Å². The van der Waals surface area contributed by atoms with Crippen LogP contribution in [0.3, 0.4) is 0 Å². The average molecular weight is 435 g/mol. The third-order valence-corrected chi connectivity index (χ3v) is 6.65. The second kappa shape index (κ2) is 9.92. The smallest absolute Gasteiger partial charge is 0.226 e. The van der Waals surface area contributed by atoms with E-state index in [0.29, 0.717) is 11.3 Å². The number of carbonyl (C=O) groups excluding carboxylic acids is 1. The molecule has 2 fully saturated rings. The van der Waals surface area contributed by atoms with E-state index in [2.05, 4.69) is 15.5 Å². The van der Waals surface area contributed by atoms with Gasteiger partial charge in [0.25, 0.3) is 0 Å². The third-order valence-electron chi connectivity index (χ3n) is 6.65. The number of unbranched alkanes of at least 4 members (excludes halogenated alkanes) is 2. The molecule has 1 unspecified atom stereocenters. The lowest BCUT2D eigenvalue weighted by Crippen LogP contribution is -2.35. The van der Waals surface area contributed by atoms with Gasteiger partial charge in [-0.2, -0.15) is 5.10 Å². The predicted octanol–water partition coefficient (Wildman–Crippen LogP) is 4.20. The van der Waals surface area contributed by atoms with E-state index in [-0.39, 0.29) is 24.1 Å². The van der Waals surface area contributed by atoms with Crippen molar-refractivity contribution in [3.8, 4) is 11.3 Å². The molecule has 4 rings (SSSR count). The molecule has 1 spiro atoms. The number of nitrogens with one attached hydrogen (secondary N) is 2. The fourth-order valence-corrected chi connectivity index (χ4v) is 4.68. The molecule has 5 nitrogen and oxygen atoms in total. The first-order chi connectivity index (χ1) is 14.1. The maximum Gasteiger partial charge on any atom is 0.226 e. The van der Waals surface area contributed by atoms with Gasteiger partial charge in [0.05, 0.1) is 5.69 Å². The summed E-state index contributed by atoms with van der Waals surface area (Å²) in [6.45, 7) is 2.95. The second-order valence-corrected chi connectivity index (χ2v) is 8.73. The fraction of sp³-hybridized carbons (Fsp3) is 0.565. The van der Waals surface area contributed by atoms with Crippen molar-refractivity contribution in [1.82, 2.24) is 20.4 Å². The number of aryl methyl sites for hydroxylation is 1. The quantitative estimate of drug-likeness (QED) is 0.612. The van der Waals surface area contributed by atoms with Crippen LogP contribution in [0.4, 0.5) is 4.39 Å². The molecule has 30 heavy (non-hydrogen) atoms. The van der Waals surface area contributed by atoms with E-state index in [4.69, 9.17) is 0 Å². The molecule has 0 radical (unpaired) electrons. The number of hydrogen-bond donors (Lipinski definition) is 2. The van der Waals surface area contributed by atoms with Crippen LogP contribution in [0.1, 0.15) is 44.2 Å². The summed E-state index contributed by atoms with van der Waals surface area (Å²) in [5, 5.41) is 10.7. The summed E-state index contributed by atoms with van der Waals surface area (Å²) >= 11 is 0. The van der Waals surface area contributed by atoms with Crippen LogP contribution in [0.25, 0.3) is 11.3 Å². The number of piperidine rings is 1. The Bertz CT molecular complexity index is 849. The van der Waals surface area contributed by atoms with E-state index in [1.807, 2.05) is 24.1 Å². The zero-order chi connectivity index (χ0) is 20.3. The minimum absolute atomic E-state index is 0. The van der Waals surface area contributed by atoms with E-state index >= 15 is 0 Å². The molecule has 1 aromatic carbocycles. The molecule has 2 N–H and O–H groups in total. The molecule has 1 aromatic heterocycles. The topological polar surface area (TPSA) is 61.0 Å². The lowest BCUT2D eigenvalue weighted by Gasteiger charge is -2.25. The minimum Gasteiger partial charge on any atom is -0.346 e. The van der Waals surface area contributed by atoms with Gasteiger partial charge >= 0.3 is 0 Å². The molecule has 1 aliphatic heterocycles. The Labute approximate surface area is 184 Å². The number of halogens is 2. The highest BCUT2D eigenvalue weighted by atomic mass is 35.5. The predicted molar refractivity (Wildman–Crippen MR) is 119 cm³/mol. The van der Waals surface area contributed by atoms with Gasteiger partial charge in [0.2, 0.25) is 5.91 Å². The van der Waals surface area contributed by atoms with Crippen molar-refractivity contribution in [1.29, 1.82) is 0 Å². The van der Waals surface area contributed by atoms with Crippen LogP contribution in [0.15, 0.2) is 30.3 Å². The van der Waals surface area contributed by atoms with Crippen LogP contribution in [-0.4, -0.2) is 47.7 Å². The molecule has 1 atom stereocenters. The molecule has 1 aliphatic carbocycles. The van der Waals surface area contributed by atoms with Gasteiger partial charge in [0, 0.05) is 30.8 Å². The van der Waals surface area contributed by atoms with E-state index in [1.165, 1.54) is 12.1 Å². The normalized spacial score (nSPS) is 19.3. The summed E-state index contributed by atoms with van der Waals surface area (Å²) in [6.07, 6.45) is 7.45. The van der Waals surface area contributed by atoms with Gasteiger partial charge in [-0.25, -0.2) is 4.39 Å². The van der Waals surface area contributed by atoms with Crippen molar-refractivity contribution in [2.75, 3.05) is 26.7 Å². The number of rotatable bonds is 8. The maximum atomic E-state index is 13.4. The van der Waals surface area contributed by atoms with Crippen LogP contribution in [0, 0.1) is 17.2 Å². The van der Waals surface area contributed by atoms with Gasteiger partial charge in [-0.05, 0) is 75.2 Å². The number of aromatic nitrogens is 2. The summed E-state index contributed by atoms with van der Waals surface area (Å²) in [4.78, 5) is 14.6. The largest absolute Gasteiger partial charge is 0.346 e. The third kappa shape index (κ3) is 5.22. The van der Waals surface area contributed by atoms with Gasteiger partial charge in [-0.3, -0.25) is 9.89 Å². The van der Waals surface area contributed by atoms with Crippen molar-refractivity contribution in [2.24, 2.45) is 11.3 Å². The summed E-state index contributed by atoms with van der Waals surface area (Å²) in [7, 11) is 1.95. The Kier molecular flexibility index (Phi) is 7.53. The van der Waals surface area contributed by atoms with E-state index in [9.17, 15) is 9.18 Å². The van der Waals surface area contributed by atoms with Crippen LogP contribution >= 0.6 is 12.4 Å². The first-order valence-electron chi connectivity index (χ1n) is 10.8. The fourth-order valence-electron chi connectivity index (χ4n) is 4.68. The molecule has 7 heteroatoms.